The molecule has 0 atom stereocenters. The molecule has 112 valence electrons. The summed E-state index contributed by atoms with van der Waals surface area (Å²) in [6.45, 7) is 7.21. The highest BCUT2D eigenvalue weighted by atomic mass is 79.9. The summed E-state index contributed by atoms with van der Waals surface area (Å²) >= 11 is 3.54. The summed E-state index contributed by atoms with van der Waals surface area (Å²) in [5.74, 6) is 1.03. The van der Waals surface area contributed by atoms with Gasteiger partial charge in [0.15, 0.2) is 0 Å². The summed E-state index contributed by atoms with van der Waals surface area (Å²) in [7, 11) is 0. The SMILES string of the molecule is Cc1cc(Br)cc(CCN)c1OCCCN1CCCC1. The second kappa shape index (κ2) is 8.01. The Hall–Kier alpha value is -0.580. The summed E-state index contributed by atoms with van der Waals surface area (Å²) in [4.78, 5) is 2.53. The number of benzene rings is 1. The highest BCUT2D eigenvalue weighted by Gasteiger charge is 2.12. The van der Waals surface area contributed by atoms with Crippen molar-refractivity contribution in [2.24, 2.45) is 5.73 Å². The Bertz CT molecular complexity index is 431. The molecule has 2 N–H and O–H groups in total. The van der Waals surface area contributed by atoms with Gasteiger partial charge in [0.25, 0.3) is 0 Å². The summed E-state index contributed by atoms with van der Waals surface area (Å²) in [5, 5.41) is 0. The first-order chi connectivity index (χ1) is 9.70. The molecule has 1 aliphatic rings. The summed E-state index contributed by atoms with van der Waals surface area (Å²) in [5.41, 5.74) is 8.08. The van der Waals surface area contributed by atoms with Gasteiger partial charge in [-0.1, -0.05) is 15.9 Å². The van der Waals surface area contributed by atoms with Crippen LogP contribution >= 0.6 is 15.9 Å². The van der Waals surface area contributed by atoms with Crippen molar-refractivity contribution < 1.29 is 4.74 Å². The van der Waals surface area contributed by atoms with E-state index in [1.165, 1.54) is 37.1 Å². The number of ether oxygens (including phenoxy) is 1. The van der Waals surface area contributed by atoms with Crippen LogP contribution in [0.15, 0.2) is 16.6 Å². The standard InChI is InChI=1S/C16H25BrN2O/c1-13-11-15(17)12-14(5-6-18)16(13)20-10-4-9-19-7-2-3-8-19/h11-12H,2-10,18H2,1H3. The lowest BCUT2D eigenvalue weighted by molar-refractivity contribution is 0.261. The molecule has 3 nitrogen and oxygen atoms in total. The highest BCUT2D eigenvalue weighted by molar-refractivity contribution is 9.10. The van der Waals surface area contributed by atoms with Gasteiger partial charge in [-0.15, -0.1) is 0 Å². The van der Waals surface area contributed by atoms with Crippen LogP contribution in [0.25, 0.3) is 0 Å². The molecule has 0 aromatic heterocycles. The summed E-state index contributed by atoms with van der Waals surface area (Å²) < 4.78 is 7.13. The van der Waals surface area contributed by atoms with E-state index in [0.29, 0.717) is 6.54 Å². The fourth-order valence-corrected chi connectivity index (χ4v) is 3.44. The van der Waals surface area contributed by atoms with E-state index in [2.05, 4.69) is 39.9 Å². The Kier molecular flexibility index (Phi) is 6.33. The second-order valence-electron chi connectivity index (χ2n) is 5.50. The van der Waals surface area contributed by atoms with E-state index in [-0.39, 0.29) is 0 Å². The van der Waals surface area contributed by atoms with Gasteiger partial charge >= 0.3 is 0 Å². The van der Waals surface area contributed by atoms with Crippen molar-refractivity contribution in [2.75, 3.05) is 32.8 Å². The number of nitrogens with zero attached hydrogens (tertiary/aromatic N) is 1. The lowest BCUT2D eigenvalue weighted by Gasteiger charge is -2.17. The van der Waals surface area contributed by atoms with Gasteiger partial charge in [-0.3, -0.25) is 0 Å². The number of hydrogen-bond donors (Lipinski definition) is 1. The fourth-order valence-electron chi connectivity index (χ4n) is 2.82. The minimum Gasteiger partial charge on any atom is -0.493 e. The predicted molar refractivity (Wildman–Crippen MR) is 87.4 cm³/mol. The summed E-state index contributed by atoms with van der Waals surface area (Å²) in [6, 6.07) is 4.23. The van der Waals surface area contributed by atoms with Gasteiger partial charge in [-0.2, -0.15) is 0 Å². The third-order valence-electron chi connectivity index (χ3n) is 3.79. The molecule has 0 bridgehead atoms. The van der Waals surface area contributed by atoms with E-state index < -0.39 is 0 Å². The normalized spacial score (nSPS) is 15.8. The van der Waals surface area contributed by atoms with Gasteiger partial charge in [-0.25, -0.2) is 0 Å². The van der Waals surface area contributed by atoms with Crippen molar-refractivity contribution in [1.29, 1.82) is 0 Å². The van der Waals surface area contributed by atoms with Crippen molar-refractivity contribution in [2.45, 2.75) is 32.6 Å². The van der Waals surface area contributed by atoms with Crippen LogP contribution in [0, 0.1) is 6.92 Å². The molecule has 1 aromatic carbocycles. The molecule has 4 heteroatoms. The molecule has 0 aliphatic carbocycles. The largest absolute Gasteiger partial charge is 0.493 e. The third kappa shape index (κ3) is 4.47. The van der Waals surface area contributed by atoms with Gasteiger partial charge in [0.1, 0.15) is 5.75 Å². The molecule has 0 unspecified atom stereocenters. The molecular weight excluding hydrogens is 316 g/mol. The average Bonchev–Trinajstić information content (AvgIpc) is 2.90. The molecule has 0 amide bonds. The van der Waals surface area contributed by atoms with E-state index in [0.717, 1.165) is 36.2 Å². The van der Waals surface area contributed by atoms with Crippen molar-refractivity contribution in [3.8, 4) is 5.75 Å². The molecule has 1 aromatic rings. The van der Waals surface area contributed by atoms with Gasteiger partial charge in [0.2, 0.25) is 0 Å². The number of likely N-dealkylation sites (tertiary alicyclic amines) is 1. The summed E-state index contributed by atoms with van der Waals surface area (Å²) in [6.07, 6.45) is 4.67. The quantitative estimate of drug-likeness (QED) is 0.775. The smallest absolute Gasteiger partial charge is 0.125 e. The minimum atomic E-state index is 0.653. The minimum absolute atomic E-state index is 0.653. The first-order valence-corrected chi connectivity index (χ1v) is 8.34. The van der Waals surface area contributed by atoms with Crippen molar-refractivity contribution in [1.82, 2.24) is 4.90 Å². The lowest BCUT2D eigenvalue weighted by Crippen LogP contribution is -2.22. The zero-order chi connectivity index (χ0) is 14.4. The second-order valence-corrected chi connectivity index (χ2v) is 6.42. The first-order valence-electron chi connectivity index (χ1n) is 7.55. The van der Waals surface area contributed by atoms with Gasteiger partial charge in [-0.05, 0) is 75.5 Å². The lowest BCUT2D eigenvalue weighted by atomic mass is 10.1. The van der Waals surface area contributed by atoms with E-state index in [1.54, 1.807) is 0 Å². The molecular formula is C16H25BrN2O. The molecule has 1 heterocycles. The Morgan fingerprint density at radius 2 is 2.05 bits per heavy atom. The average molecular weight is 341 g/mol. The number of aryl methyl sites for hydroxylation is 1. The number of nitrogens with two attached hydrogens (primary N) is 1. The van der Waals surface area contributed by atoms with Gasteiger partial charge < -0.3 is 15.4 Å². The number of hydrogen-bond acceptors (Lipinski definition) is 3. The van der Waals surface area contributed by atoms with Crippen LogP contribution in [-0.4, -0.2) is 37.7 Å². The van der Waals surface area contributed by atoms with Gasteiger partial charge in [0, 0.05) is 11.0 Å². The van der Waals surface area contributed by atoms with E-state index >= 15 is 0 Å². The zero-order valence-corrected chi connectivity index (χ0v) is 13.9. The Balaban J connectivity index is 1.87. The maximum Gasteiger partial charge on any atom is 0.125 e. The van der Waals surface area contributed by atoms with Crippen LogP contribution in [0.4, 0.5) is 0 Å². The van der Waals surface area contributed by atoms with E-state index in [9.17, 15) is 0 Å². The molecule has 1 aliphatic heterocycles. The van der Waals surface area contributed by atoms with Crippen LogP contribution in [0.5, 0.6) is 5.75 Å². The van der Waals surface area contributed by atoms with Crippen LogP contribution in [0.2, 0.25) is 0 Å². The van der Waals surface area contributed by atoms with Crippen LogP contribution in [-0.2, 0) is 6.42 Å². The van der Waals surface area contributed by atoms with Crippen molar-refractivity contribution >= 4 is 15.9 Å². The van der Waals surface area contributed by atoms with Crippen molar-refractivity contribution in [3.63, 3.8) is 0 Å². The monoisotopic (exact) mass is 340 g/mol. The molecule has 20 heavy (non-hydrogen) atoms. The zero-order valence-electron chi connectivity index (χ0n) is 12.3. The predicted octanol–water partition coefficient (Wildman–Crippen LogP) is 3.12. The number of rotatable bonds is 7. The van der Waals surface area contributed by atoms with E-state index in [4.69, 9.17) is 10.5 Å². The van der Waals surface area contributed by atoms with Crippen LogP contribution in [0.1, 0.15) is 30.4 Å². The topological polar surface area (TPSA) is 38.5 Å². The van der Waals surface area contributed by atoms with Gasteiger partial charge in [0.05, 0.1) is 6.61 Å². The molecule has 1 saturated heterocycles. The molecule has 1 fully saturated rings. The third-order valence-corrected chi connectivity index (χ3v) is 4.25. The molecule has 0 radical (unpaired) electrons. The maximum absolute atomic E-state index is 6.03. The maximum atomic E-state index is 6.03. The highest BCUT2D eigenvalue weighted by Crippen LogP contribution is 2.28. The van der Waals surface area contributed by atoms with E-state index in [1.807, 2.05) is 0 Å². The Morgan fingerprint density at radius 3 is 2.75 bits per heavy atom. The molecule has 0 spiro atoms. The first kappa shape index (κ1) is 15.8. The molecule has 2 rings (SSSR count). The number of halogens is 1. The molecule has 0 saturated carbocycles. The Labute approximate surface area is 130 Å². The van der Waals surface area contributed by atoms with Crippen molar-refractivity contribution in [3.05, 3.63) is 27.7 Å². The fraction of sp³-hybridized carbons (Fsp3) is 0.625. The van der Waals surface area contributed by atoms with Crippen LogP contribution < -0.4 is 10.5 Å². The van der Waals surface area contributed by atoms with Crippen LogP contribution in [0.3, 0.4) is 0 Å². The Morgan fingerprint density at radius 1 is 1.30 bits per heavy atom.